The molecule has 0 unspecified atom stereocenters. The lowest BCUT2D eigenvalue weighted by molar-refractivity contribution is -0.128. The second kappa shape index (κ2) is 4.37. The van der Waals surface area contributed by atoms with Crippen LogP contribution >= 0.6 is 15.9 Å². The van der Waals surface area contributed by atoms with Gasteiger partial charge in [0, 0.05) is 23.1 Å². The van der Waals surface area contributed by atoms with E-state index >= 15 is 0 Å². The summed E-state index contributed by atoms with van der Waals surface area (Å²) in [5.74, 6) is -0.0636. The number of amides is 1. The van der Waals surface area contributed by atoms with Crippen molar-refractivity contribution in [2.75, 3.05) is 11.4 Å². The van der Waals surface area contributed by atoms with E-state index in [9.17, 15) is 9.59 Å². The van der Waals surface area contributed by atoms with E-state index < -0.39 is 0 Å². The Kier molecular flexibility index (Phi) is 3.10. The van der Waals surface area contributed by atoms with Crippen molar-refractivity contribution < 1.29 is 9.59 Å². The van der Waals surface area contributed by atoms with Crippen LogP contribution in [0.5, 0.6) is 0 Å². The van der Waals surface area contributed by atoms with Crippen molar-refractivity contribution in [1.29, 1.82) is 0 Å². The highest BCUT2D eigenvalue weighted by Crippen LogP contribution is 2.27. The molecule has 1 aliphatic heterocycles. The topological polar surface area (TPSA) is 37.4 Å². The highest BCUT2D eigenvalue weighted by atomic mass is 79.9. The molecule has 0 aromatic heterocycles. The van der Waals surface area contributed by atoms with Crippen LogP contribution in [0.15, 0.2) is 22.7 Å². The van der Waals surface area contributed by atoms with E-state index in [2.05, 4.69) is 15.9 Å². The van der Waals surface area contributed by atoms with Gasteiger partial charge in [0.25, 0.3) is 0 Å². The summed E-state index contributed by atoms with van der Waals surface area (Å²) in [7, 11) is 0. The van der Waals surface area contributed by atoms with Gasteiger partial charge in [0.05, 0.1) is 6.42 Å². The number of nitrogens with zero attached hydrogens (tertiary/aromatic N) is 1. The molecule has 0 radical (unpaired) electrons. The van der Waals surface area contributed by atoms with Crippen LogP contribution in [0.4, 0.5) is 5.69 Å². The van der Waals surface area contributed by atoms with Crippen LogP contribution in [0.1, 0.15) is 18.4 Å². The van der Waals surface area contributed by atoms with E-state index in [-0.39, 0.29) is 18.1 Å². The predicted molar refractivity (Wildman–Crippen MR) is 65.5 cm³/mol. The van der Waals surface area contributed by atoms with Crippen LogP contribution in [0.3, 0.4) is 0 Å². The number of rotatable bonds is 1. The van der Waals surface area contributed by atoms with Crippen LogP contribution in [0.2, 0.25) is 0 Å². The smallest absolute Gasteiger partial charge is 0.234 e. The average Bonchev–Trinajstić information content (AvgIpc) is 2.22. The summed E-state index contributed by atoms with van der Waals surface area (Å²) in [4.78, 5) is 24.6. The van der Waals surface area contributed by atoms with E-state index in [1.165, 1.54) is 0 Å². The standard InChI is InChI=1S/C12H12BrNO2/c1-8-2-3-9(13)6-11(8)14-5-4-10(15)7-12(14)16/h2-3,6H,4-5,7H2,1H3. The van der Waals surface area contributed by atoms with Crippen molar-refractivity contribution in [1.82, 2.24) is 0 Å². The number of hydrogen-bond acceptors (Lipinski definition) is 2. The molecule has 1 aliphatic rings. The first-order chi connectivity index (χ1) is 7.58. The maximum atomic E-state index is 11.8. The first kappa shape index (κ1) is 11.3. The molecule has 84 valence electrons. The molecule has 0 N–H and O–H groups in total. The highest BCUT2D eigenvalue weighted by molar-refractivity contribution is 9.10. The molecule has 0 bridgehead atoms. The second-order valence-corrected chi connectivity index (χ2v) is 4.86. The second-order valence-electron chi connectivity index (χ2n) is 3.94. The first-order valence-corrected chi connectivity index (χ1v) is 5.95. The van der Waals surface area contributed by atoms with Crippen LogP contribution in [-0.2, 0) is 9.59 Å². The predicted octanol–water partition coefficient (Wildman–Crippen LogP) is 2.45. The minimum absolute atomic E-state index is 0.0337. The number of piperidine rings is 1. The van der Waals surface area contributed by atoms with Crippen LogP contribution in [0, 0.1) is 6.92 Å². The molecule has 0 aliphatic carbocycles. The Morgan fingerprint density at radius 1 is 1.31 bits per heavy atom. The van der Waals surface area contributed by atoms with Crippen molar-refractivity contribution in [2.45, 2.75) is 19.8 Å². The Hall–Kier alpha value is -1.16. The number of benzene rings is 1. The third-order valence-corrected chi connectivity index (χ3v) is 3.22. The van der Waals surface area contributed by atoms with Gasteiger partial charge in [-0.2, -0.15) is 0 Å². The van der Waals surface area contributed by atoms with Crippen molar-refractivity contribution in [3.05, 3.63) is 28.2 Å². The molecule has 1 fully saturated rings. The molecule has 1 amide bonds. The van der Waals surface area contributed by atoms with Gasteiger partial charge >= 0.3 is 0 Å². The largest absolute Gasteiger partial charge is 0.311 e. The fourth-order valence-corrected chi connectivity index (χ4v) is 2.19. The summed E-state index contributed by atoms with van der Waals surface area (Å²) >= 11 is 3.39. The number of ketones is 1. The molecule has 0 saturated carbocycles. The fraction of sp³-hybridized carbons (Fsp3) is 0.333. The molecule has 0 spiro atoms. The summed E-state index contributed by atoms with van der Waals surface area (Å²) in [6, 6.07) is 5.82. The van der Waals surface area contributed by atoms with Crippen LogP contribution < -0.4 is 4.90 Å². The Morgan fingerprint density at radius 3 is 2.75 bits per heavy atom. The maximum Gasteiger partial charge on any atom is 0.234 e. The summed E-state index contributed by atoms with van der Waals surface area (Å²) in [5.41, 5.74) is 1.94. The van der Waals surface area contributed by atoms with Gasteiger partial charge < -0.3 is 4.90 Å². The average molecular weight is 282 g/mol. The zero-order valence-electron chi connectivity index (χ0n) is 9.00. The highest BCUT2D eigenvalue weighted by Gasteiger charge is 2.25. The lowest BCUT2D eigenvalue weighted by atomic mass is 10.1. The molecule has 1 aromatic rings. The molecule has 4 heteroatoms. The van der Waals surface area contributed by atoms with E-state index in [0.29, 0.717) is 13.0 Å². The van der Waals surface area contributed by atoms with Gasteiger partial charge in [0.1, 0.15) is 5.78 Å². The zero-order valence-corrected chi connectivity index (χ0v) is 10.6. The molecular formula is C12H12BrNO2. The molecule has 1 saturated heterocycles. The molecule has 16 heavy (non-hydrogen) atoms. The number of anilines is 1. The van der Waals surface area contributed by atoms with Gasteiger partial charge in [0.2, 0.25) is 5.91 Å². The Morgan fingerprint density at radius 2 is 2.06 bits per heavy atom. The van der Waals surface area contributed by atoms with E-state index in [4.69, 9.17) is 0 Å². The van der Waals surface area contributed by atoms with Crippen LogP contribution in [0.25, 0.3) is 0 Å². The summed E-state index contributed by atoms with van der Waals surface area (Å²) in [6.45, 7) is 2.46. The van der Waals surface area contributed by atoms with Gasteiger partial charge in [0.15, 0.2) is 0 Å². The maximum absolute atomic E-state index is 11.8. The van der Waals surface area contributed by atoms with Crippen molar-refractivity contribution in [3.8, 4) is 0 Å². The van der Waals surface area contributed by atoms with Gasteiger partial charge in [-0.3, -0.25) is 9.59 Å². The minimum Gasteiger partial charge on any atom is -0.311 e. The SMILES string of the molecule is Cc1ccc(Br)cc1N1CCC(=O)CC1=O. The Balaban J connectivity index is 2.33. The Bertz CT molecular complexity index is 456. The molecule has 3 nitrogen and oxygen atoms in total. The number of halogens is 1. The number of hydrogen-bond donors (Lipinski definition) is 0. The molecule has 2 rings (SSSR count). The van der Waals surface area contributed by atoms with Gasteiger partial charge in [-0.05, 0) is 24.6 Å². The number of Topliss-reactive ketones (excluding diaryl/α,β-unsaturated/α-hetero) is 1. The summed E-state index contributed by atoms with van der Waals surface area (Å²) < 4.78 is 0.942. The third-order valence-electron chi connectivity index (χ3n) is 2.73. The summed E-state index contributed by atoms with van der Waals surface area (Å²) in [6.07, 6.45) is 0.490. The summed E-state index contributed by atoms with van der Waals surface area (Å²) in [5, 5.41) is 0. The third kappa shape index (κ3) is 2.16. The monoisotopic (exact) mass is 281 g/mol. The van der Waals surface area contributed by atoms with E-state index in [0.717, 1.165) is 15.7 Å². The minimum atomic E-state index is -0.0996. The molecule has 1 heterocycles. The van der Waals surface area contributed by atoms with E-state index in [1.807, 2.05) is 25.1 Å². The number of carbonyl (C=O) groups excluding carboxylic acids is 2. The van der Waals surface area contributed by atoms with Gasteiger partial charge in [-0.1, -0.05) is 22.0 Å². The van der Waals surface area contributed by atoms with Gasteiger partial charge in [-0.15, -0.1) is 0 Å². The molecular weight excluding hydrogens is 270 g/mol. The Labute approximate surface area is 103 Å². The zero-order chi connectivity index (χ0) is 11.7. The fourth-order valence-electron chi connectivity index (χ4n) is 1.84. The lowest BCUT2D eigenvalue weighted by Gasteiger charge is -2.27. The number of aryl methyl sites for hydroxylation is 1. The van der Waals surface area contributed by atoms with Crippen LogP contribution in [-0.4, -0.2) is 18.2 Å². The molecule has 0 atom stereocenters. The van der Waals surface area contributed by atoms with Crippen molar-refractivity contribution in [2.24, 2.45) is 0 Å². The van der Waals surface area contributed by atoms with E-state index in [1.54, 1.807) is 4.90 Å². The first-order valence-electron chi connectivity index (χ1n) is 5.16. The van der Waals surface area contributed by atoms with Gasteiger partial charge in [-0.25, -0.2) is 0 Å². The molecule has 1 aromatic carbocycles. The normalized spacial score (nSPS) is 16.8. The van der Waals surface area contributed by atoms with Crippen molar-refractivity contribution >= 4 is 33.3 Å². The quantitative estimate of drug-likeness (QED) is 0.742. The number of carbonyl (C=O) groups is 2. The van der Waals surface area contributed by atoms with Crippen molar-refractivity contribution in [3.63, 3.8) is 0 Å². The lowest BCUT2D eigenvalue weighted by Crippen LogP contribution is -2.39.